The molecule has 1 saturated heterocycles. The summed E-state index contributed by atoms with van der Waals surface area (Å²) in [6, 6.07) is 7.38. The summed E-state index contributed by atoms with van der Waals surface area (Å²) in [6.45, 7) is 3.54. The third kappa shape index (κ3) is 5.59. The number of carbonyl (C=O) groups excluding carboxylic acids is 1. The van der Waals surface area contributed by atoms with Crippen LogP contribution in [-0.4, -0.2) is 56.4 Å². The number of rotatable bonds is 6. The number of thiazole rings is 1. The molecule has 2 heterocycles. The van der Waals surface area contributed by atoms with Crippen molar-refractivity contribution in [2.45, 2.75) is 25.8 Å². The highest BCUT2D eigenvalue weighted by Gasteiger charge is 2.24. The number of sulfonamides is 1. The lowest BCUT2D eigenvalue weighted by atomic mass is 10.1. The highest BCUT2D eigenvalue weighted by molar-refractivity contribution is 7.92. The molecule has 1 aromatic carbocycles. The first-order chi connectivity index (χ1) is 13.3. The Bertz CT molecular complexity index is 904. The number of hydrogen-bond acceptors (Lipinski definition) is 7. The average molecular weight is 425 g/mol. The summed E-state index contributed by atoms with van der Waals surface area (Å²) in [5.41, 5.74) is 2.27. The van der Waals surface area contributed by atoms with Gasteiger partial charge in [0.2, 0.25) is 10.0 Å². The van der Waals surface area contributed by atoms with Crippen LogP contribution in [0.15, 0.2) is 29.6 Å². The average Bonchev–Trinajstić information content (AvgIpc) is 3.10. The maximum absolute atomic E-state index is 11.8. The highest BCUT2D eigenvalue weighted by Crippen LogP contribution is 2.27. The van der Waals surface area contributed by atoms with Crippen LogP contribution in [0.5, 0.6) is 0 Å². The number of carbonyl (C=O) groups is 1. The van der Waals surface area contributed by atoms with Crippen LogP contribution in [0.25, 0.3) is 11.3 Å². The molecule has 8 nitrogen and oxygen atoms in total. The predicted molar refractivity (Wildman–Crippen MR) is 111 cm³/mol. The molecule has 1 fully saturated rings. The molecule has 0 saturated carbocycles. The summed E-state index contributed by atoms with van der Waals surface area (Å²) in [7, 11) is -3.29. The van der Waals surface area contributed by atoms with Gasteiger partial charge in [0.25, 0.3) is 0 Å². The second-order valence-corrected chi connectivity index (χ2v) is 9.20. The van der Waals surface area contributed by atoms with Gasteiger partial charge in [-0.1, -0.05) is 12.1 Å². The molecule has 28 heavy (non-hydrogen) atoms. The Hall–Kier alpha value is -2.33. The third-order valence-electron chi connectivity index (χ3n) is 4.34. The summed E-state index contributed by atoms with van der Waals surface area (Å²) in [6.07, 6.45) is 2.57. The molecule has 0 unspecified atom stereocenters. The fourth-order valence-electron chi connectivity index (χ4n) is 2.99. The van der Waals surface area contributed by atoms with Crippen LogP contribution in [0.2, 0.25) is 0 Å². The molecule has 0 radical (unpaired) electrons. The first-order valence-electron chi connectivity index (χ1n) is 9.06. The van der Waals surface area contributed by atoms with E-state index in [0.29, 0.717) is 25.4 Å². The van der Waals surface area contributed by atoms with Crippen molar-refractivity contribution in [3.63, 3.8) is 0 Å². The second-order valence-electron chi connectivity index (χ2n) is 6.59. The van der Waals surface area contributed by atoms with E-state index < -0.39 is 10.0 Å². The Morgan fingerprint density at radius 2 is 1.96 bits per heavy atom. The van der Waals surface area contributed by atoms with E-state index in [1.54, 1.807) is 17.0 Å². The van der Waals surface area contributed by atoms with Crippen molar-refractivity contribution in [1.29, 1.82) is 0 Å². The molecule has 1 aromatic heterocycles. The van der Waals surface area contributed by atoms with Crippen molar-refractivity contribution in [1.82, 2.24) is 9.88 Å². The Balaban J connectivity index is 1.55. The summed E-state index contributed by atoms with van der Waals surface area (Å²) >= 11 is 1.53. The number of nitrogens with zero attached hydrogens (tertiary/aromatic N) is 2. The van der Waals surface area contributed by atoms with Crippen LogP contribution in [0.1, 0.15) is 19.8 Å². The van der Waals surface area contributed by atoms with Crippen LogP contribution in [0.4, 0.5) is 15.6 Å². The zero-order chi connectivity index (χ0) is 20.1. The number of benzene rings is 1. The van der Waals surface area contributed by atoms with Crippen molar-refractivity contribution in [2.75, 3.05) is 36.0 Å². The van der Waals surface area contributed by atoms with Crippen LogP contribution in [-0.2, 0) is 14.8 Å². The van der Waals surface area contributed by atoms with Crippen molar-refractivity contribution in [3.8, 4) is 11.3 Å². The van der Waals surface area contributed by atoms with Crippen LogP contribution >= 0.6 is 11.3 Å². The van der Waals surface area contributed by atoms with Crippen molar-refractivity contribution in [3.05, 3.63) is 29.6 Å². The van der Waals surface area contributed by atoms with E-state index in [2.05, 4.69) is 15.0 Å². The lowest BCUT2D eigenvalue weighted by Gasteiger charge is -2.31. The Morgan fingerprint density at radius 1 is 1.29 bits per heavy atom. The van der Waals surface area contributed by atoms with E-state index in [1.165, 1.54) is 11.3 Å². The minimum atomic E-state index is -3.29. The van der Waals surface area contributed by atoms with E-state index in [1.807, 2.05) is 24.4 Å². The van der Waals surface area contributed by atoms with Crippen molar-refractivity contribution >= 4 is 38.3 Å². The lowest BCUT2D eigenvalue weighted by molar-refractivity contribution is 0.0983. The van der Waals surface area contributed by atoms with Gasteiger partial charge in [0.1, 0.15) is 0 Å². The number of likely N-dealkylation sites (tertiary alicyclic amines) is 1. The monoisotopic (exact) mass is 424 g/mol. The van der Waals surface area contributed by atoms with Gasteiger partial charge >= 0.3 is 6.09 Å². The molecule has 0 atom stereocenters. The number of aromatic nitrogens is 1. The highest BCUT2D eigenvalue weighted by atomic mass is 32.2. The minimum Gasteiger partial charge on any atom is -0.450 e. The smallest absolute Gasteiger partial charge is 0.409 e. The second kappa shape index (κ2) is 8.78. The van der Waals surface area contributed by atoms with Gasteiger partial charge in [-0.3, -0.25) is 4.72 Å². The molecular formula is C18H24N4O4S2. The van der Waals surface area contributed by atoms with Crippen LogP contribution in [0, 0.1) is 0 Å². The molecule has 0 bridgehead atoms. The van der Waals surface area contributed by atoms with E-state index in [9.17, 15) is 13.2 Å². The van der Waals surface area contributed by atoms with E-state index in [4.69, 9.17) is 4.74 Å². The molecule has 2 aromatic rings. The summed E-state index contributed by atoms with van der Waals surface area (Å²) in [5.74, 6) is 0. The predicted octanol–water partition coefficient (Wildman–Crippen LogP) is 3.21. The maximum atomic E-state index is 11.8. The van der Waals surface area contributed by atoms with Gasteiger partial charge in [0.05, 0.1) is 18.6 Å². The SMILES string of the molecule is CCOC(=O)N1CCC(Nc2nc(-c3ccc(NS(C)(=O)=O)cc3)cs2)CC1. The number of anilines is 2. The Kier molecular flexibility index (Phi) is 6.40. The molecule has 152 valence electrons. The lowest BCUT2D eigenvalue weighted by Crippen LogP contribution is -2.42. The number of piperidine rings is 1. The molecular weight excluding hydrogens is 400 g/mol. The standard InChI is InChI=1S/C18H24N4O4S2/c1-3-26-18(23)22-10-8-14(9-11-22)19-17-20-16(12-27-17)13-4-6-15(7-5-13)21-28(2,24)25/h4-7,12,14,21H,3,8-11H2,1-2H3,(H,19,20). The molecule has 2 N–H and O–H groups in total. The molecule has 1 aliphatic rings. The quantitative estimate of drug-likeness (QED) is 0.738. The fraction of sp³-hybridized carbons (Fsp3) is 0.444. The van der Waals surface area contributed by atoms with Crippen molar-refractivity contribution < 1.29 is 17.9 Å². The number of ether oxygens (including phenoxy) is 1. The molecule has 1 amide bonds. The third-order valence-corrected chi connectivity index (χ3v) is 5.72. The number of amides is 1. The number of nitrogens with one attached hydrogen (secondary N) is 2. The van der Waals surface area contributed by atoms with Gasteiger partial charge in [-0.2, -0.15) is 0 Å². The van der Waals surface area contributed by atoms with E-state index in [-0.39, 0.29) is 12.1 Å². The largest absolute Gasteiger partial charge is 0.450 e. The fourth-order valence-corrected chi connectivity index (χ4v) is 4.35. The van der Waals surface area contributed by atoms with Gasteiger partial charge in [-0.25, -0.2) is 18.2 Å². The summed E-state index contributed by atoms with van der Waals surface area (Å²) < 4.78 is 30.0. The van der Waals surface area contributed by atoms with Gasteiger partial charge in [-0.15, -0.1) is 11.3 Å². The summed E-state index contributed by atoms with van der Waals surface area (Å²) in [5, 5.41) is 6.25. The first-order valence-corrected chi connectivity index (χ1v) is 11.8. The normalized spacial score (nSPS) is 15.3. The molecule has 3 rings (SSSR count). The zero-order valence-corrected chi connectivity index (χ0v) is 17.5. The van der Waals surface area contributed by atoms with E-state index >= 15 is 0 Å². The van der Waals surface area contributed by atoms with E-state index in [0.717, 1.165) is 35.5 Å². The van der Waals surface area contributed by atoms with Crippen molar-refractivity contribution in [2.24, 2.45) is 0 Å². The summed E-state index contributed by atoms with van der Waals surface area (Å²) in [4.78, 5) is 18.1. The van der Waals surface area contributed by atoms with Crippen LogP contribution < -0.4 is 10.0 Å². The minimum absolute atomic E-state index is 0.244. The zero-order valence-electron chi connectivity index (χ0n) is 15.8. The topological polar surface area (TPSA) is 101 Å². The number of hydrogen-bond donors (Lipinski definition) is 2. The molecule has 0 spiro atoms. The maximum Gasteiger partial charge on any atom is 0.409 e. The van der Waals surface area contributed by atoms with Gasteiger partial charge < -0.3 is 15.0 Å². The molecule has 0 aliphatic carbocycles. The van der Waals surface area contributed by atoms with Gasteiger partial charge in [0, 0.05) is 35.8 Å². The Morgan fingerprint density at radius 3 is 2.57 bits per heavy atom. The van der Waals surface area contributed by atoms with Gasteiger partial charge in [0.15, 0.2) is 5.13 Å². The van der Waals surface area contributed by atoms with Crippen LogP contribution in [0.3, 0.4) is 0 Å². The Labute approximate surface area is 169 Å². The molecule has 1 aliphatic heterocycles. The first kappa shape index (κ1) is 20.4. The van der Waals surface area contributed by atoms with Gasteiger partial charge in [-0.05, 0) is 31.9 Å². The molecule has 10 heteroatoms.